The zero-order chi connectivity index (χ0) is 13.0. The highest BCUT2D eigenvalue weighted by molar-refractivity contribution is 9.10. The van der Waals surface area contributed by atoms with Crippen molar-refractivity contribution in [1.29, 1.82) is 0 Å². The zero-order valence-corrected chi connectivity index (χ0v) is 10.8. The number of hydrogen-bond donors (Lipinski definition) is 3. The van der Waals surface area contributed by atoms with E-state index in [1.807, 2.05) is 0 Å². The number of rotatable bonds is 4. The average molecular weight is 301 g/mol. The Balaban J connectivity index is 2.76. The number of halogens is 1. The molecule has 0 radical (unpaired) electrons. The number of primary amides is 1. The SMILES string of the molecule is CC(CC(N)=O)NC(=O)c1cc(Br)cnc1N. The van der Waals surface area contributed by atoms with Crippen LogP contribution in [0.25, 0.3) is 0 Å². The number of amides is 2. The number of anilines is 1. The number of carbonyl (C=O) groups is 2. The first-order valence-corrected chi connectivity index (χ1v) is 5.69. The van der Waals surface area contributed by atoms with Crippen LogP contribution < -0.4 is 16.8 Å². The molecule has 0 spiro atoms. The minimum Gasteiger partial charge on any atom is -0.383 e. The van der Waals surface area contributed by atoms with Gasteiger partial charge in [0.05, 0.1) is 5.56 Å². The molecule has 0 aliphatic rings. The van der Waals surface area contributed by atoms with Crippen LogP contribution >= 0.6 is 15.9 Å². The van der Waals surface area contributed by atoms with Crippen molar-refractivity contribution in [3.05, 3.63) is 22.3 Å². The number of nitrogens with zero attached hydrogens (tertiary/aromatic N) is 1. The van der Waals surface area contributed by atoms with E-state index in [0.29, 0.717) is 4.47 Å². The van der Waals surface area contributed by atoms with E-state index in [-0.39, 0.29) is 29.8 Å². The highest BCUT2D eigenvalue weighted by Crippen LogP contribution is 2.15. The van der Waals surface area contributed by atoms with E-state index in [0.717, 1.165) is 0 Å². The number of nitrogen functional groups attached to an aromatic ring is 1. The van der Waals surface area contributed by atoms with Gasteiger partial charge < -0.3 is 16.8 Å². The lowest BCUT2D eigenvalue weighted by Crippen LogP contribution is -2.36. The van der Waals surface area contributed by atoms with Crippen molar-refractivity contribution in [2.75, 3.05) is 5.73 Å². The lowest BCUT2D eigenvalue weighted by atomic mass is 10.2. The second-order valence-corrected chi connectivity index (χ2v) is 4.55. The van der Waals surface area contributed by atoms with E-state index in [4.69, 9.17) is 11.5 Å². The van der Waals surface area contributed by atoms with Crippen LogP contribution in [0.1, 0.15) is 23.7 Å². The predicted molar refractivity (Wildman–Crippen MR) is 67.1 cm³/mol. The smallest absolute Gasteiger partial charge is 0.255 e. The van der Waals surface area contributed by atoms with E-state index in [2.05, 4.69) is 26.2 Å². The van der Waals surface area contributed by atoms with E-state index in [1.54, 1.807) is 13.0 Å². The van der Waals surface area contributed by atoms with Crippen LogP contribution in [0, 0.1) is 0 Å². The predicted octanol–water partition coefficient (Wildman–Crippen LogP) is 0.420. The van der Waals surface area contributed by atoms with E-state index >= 15 is 0 Å². The highest BCUT2D eigenvalue weighted by Gasteiger charge is 2.15. The van der Waals surface area contributed by atoms with Crippen molar-refractivity contribution < 1.29 is 9.59 Å². The van der Waals surface area contributed by atoms with Crippen LogP contribution in [-0.2, 0) is 4.79 Å². The summed E-state index contributed by atoms with van der Waals surface area (Å²) in [5.74, 6) is -0.722. The number of carbonyl (C=O) groups excluding carboxylic acids is 2. The van der Waals surface area contributed by atoms with Gasteiger partial charge in [0, 0.05) is 23.1 Å². The number of aromatic nitrogens is 1. The van der Waals surface area contributed by atoms with Crippen LogP contribution in [0.5, 0.6) is 0 Å². The third kappa shape index (κ3) is 4.03. The van der Waals surface area contributed by atoms with Crippen LogP contribution in [0.15, 0.2) is 16.7 Å². The Bertz CT molecular complexity index is 450. The van der Waals surface area contributed by atoms with Crippen molar-refractivity contribution in [3.63, 3.8) is 0 Å². The fraction of sp³-hybridized carbons (Fsp3) is 0.300. The summed E-state index contributed by atoms with van der Waals surface area (Å²) in [5, 5.41) is 2.61. The van der Waals surface area contributed by atoms with Crippen molar-refractivity contribution in [3.8, 4) is 0 Å². The van der Waals surface area contributed by atoms with E-state index in [9.17, 15) is 9.59 Å². The molecule has 1 heterocycles. The van der Waals surface area contributed by atoms with Gasteiger partial charge in [0.25, 0.3) is 5.91 Å². The van der Waals surface area contributed by atoms with Gasteiger partial charge in [-0.1, -0.05) is 0 Å². The van der Waals surface area contributed by atoms with Gasteiger partial charge in [-0.25, -0.2) is 4.98 Å². The Morgan fingerprint density at radius 2 is 2.24 bits per heavy atom. The molecule has 1 rings (SSSR count). The second kappa shape index (κ2) is 5.62. The molecule has 0 aliphatic heterocycles. The van der Waals surface area contributed by atoms with Gasteiger partial charge in [0.15, 0.2) is 0 Å². The maximum atomic E-state index is 11.8. The monoisotopic (exact) mass is 300 g/mol. The van der Waals surface area contributed by atoms with Gasteiger partial charge in [-0.2, -0.15) is 0 Å². The number of pyridine rings is 1. The molecule has 2 amide bonds. The summed E-state index contributed by atoms with van der Waals surface area (Å²) in [7, 11) is 0. The molecule has 7 heteroatoms. The van der Waals surface area contributed by atoms with Crippen molar-refractivity contribution in [2.45, 2.75) is 19.4 Å². The second-order valence-electron chi connectivity index (χ2n) is 3.63. The van der Waals surface area contributed by atoms with Gasteiger partial charge in [0.1, 0.15) is 5.82 Å². The Hall–Kier alpha value is -1.63. The topological polar surface area (TPSA) is 111 Å². The number of nitrogens with two attached hydrogens (primary N) is 2. The molecule has 1 aromatic rings. The van der Waals surface area contributed by atoms with Crippen molar-refractivity contribution >= 4 is 33.6 Å². The molecule has 1 atom stereocenters. The lowest BCUT2D eigenvalue weighted by molar-refractivity contribution is -0.118. The lowest BCUT2D eigenvalue weighted by Gasteiger charge is -2.12. The molecule has 0 aliphatic carbocycles. The largest absolute Gasteiger partial charge is 0.383 e. The fourth-order valence-electron chi connectivity index (χ4n) is 1.29. The first-order valence-electron chi connectivity index (χ1n) is 4.90. The molecule has 6 nitrogen and oxygen atoms in total. The van der Waals surface area contributed by atoms with Gasteiger partial charge in [-0.3, -0.25) is 9.59 Å². The highest BCUT2D eigenvalue weighted by atomic mass is 79.9. The quantitative estimate of drug-likeness (QED) is 0.748. The summed E-state index contributed by atoms with van der Waals surface area (Å²) < 4.78 is 0.652. The number of nitrogens with one attached hydrogen (secondary N) is 1. The van der Waals surface area contributed by atoms with E-state index in [1.165, 1.54) is 6.20 Å². The summed E-state index contributed by atoms with van der Waals surface area (Å²) >= 11 is 3.20. The van der Waals surface area contributed by atoms with Gasteiger partial charge in [-0.15, -0.1) is 0 Å². The van der Waals surface area contributed by atoms with Gasteiger partial charge >= 0.3 is 0 Å². The summed E-state index contributed by atoms with van der Waals surface area (Å²) in [4.78, 5) is 26.3. The molecule has 1 aromatic heterocycles. The number of hydrogen-bond acceptors (Lipinski definition) is 4. The molecule has 0 saturated heterocycles. The summed E-state index contributed by atoms with van der Waals surface area (Å²) in [6, 6.07) is 1.22. The van der Waals surface area contributed by atoms with Crippen molar-refractivity contribution in [1.82, 2.24) is 10.3 Å². The summed E-state index contributed by atoms with van der Waals surface area (Å²) in [5.41, 5.74) is 10.9. The van der Waals surface area contributed by atoms with Crippen LogP contribution in [0.2, 0.25) is 0 Å². The molecule has 1 unspecified atom stereocenters. The molecule has 17 heavy (non-hydrogen) atoms. The van der Waals surface area contributed by atoms with Crippen LogP contribution in [0.4, 0.5) is 5.82 Å². The molecular weight excluding hydrogens is 288 g/mol. The fourth-order valence-corrected chi connectivity index (χ4v) is 1.62. The van der Waals surface area contributed by atoms with Crippen LogP contribution in [0.3, 0.4) is 0 Å². The average Bonchev–Trinajstić information content (AvgIpc) is 2.20. The van der Waals surface area contributed by atoms with E-state index < -0.39 is 5.91 Å². The molecule has 0 aromatic carbocycles. The first-order chi connectivity index (χ1) is 7.90. The molecule has 92 valence electrons. The Kier molecular flexibility index (Phi) is 4.45. The molecule has 0 saturated carbocycles. The molecule has 0 fully saturated rings. The third-order valence-electron chi connectivity index (χ3n) is 2.01. The summed E-state index contributed by atoms with van der Waals surface area (Å²) in [6.45, 7) is 1.68. The Morgan fingerprint density at radius 1 is 1.59 bits per heavy atom. The molecule has 5 N–H and O–H groups in total. The minimum atomic E-state index is -0.474. The first kappa shape index (κ1) is 13.4. The summed E-state index contributed by atoms with van der Waals surface area (Å²) in [6.07, 6.45) is 1.58. The van der Waals surface area contributed by atoms with Crippen molar-refractivity contribution in [2.24, 2.45) is 5.73 Å². The molecular formula is C10H13BrN4O2. The third-order valence-corrected chi connectivity index (χ3v) is 2.45. The normalized spacial score (nSPS) is 11.9. The minimum absolute atomic E-state index is 0.0765. The maximum Gasteiger partial charge on any atom is 0.255 e. The Labute approximate surface area is 107 Å². The standard InChI is InChI=1S/C10H13BrN4O2/c1-5(2-8(12)16)15-10(17)7-3-6(11)4-14-9(7)13/h3-5H,2H2,1H3,(H2,12,16)(H2,13,14)(H,15,17). The zero-order valence-electron chi connectivity index (χ0n) is 9.24. The molecule has 0 bridgehead atoms. The Morgan fingerprint density at radius 3 is 2.82 bits per heavy atom. The maximum absolute atomic E-state index is 11.8. The van der Waals surface area contributed by atoms with Gasteiger partial charge in [0.2, 0.25) is 5.91 Å². The van der Waals surface area contributed by atoms with Crippen LogP contribution in [-0.4, -0.2) is 22.8 Å². The van der Waals surface area contributed by atoms with Gasteiger partial charge in [-0.05, 0) is 28.9 Å².